The zero-order valence-corrected chi connectivity index (χ0v) is 11.8. The second kappa shape index (κ2) is 9.66. The molecule has 0 saturated carbocycles. The zero-order chi connectivity index (χ0) is 13.9. The number of ether oxygens (including phenoxy) is 2. The van der Waals surface area contributed by atoms with Crippen LogP contribution in [0, 0.1) is 17.7 Å². The van der Waals surface area contributed by atoms with E-state index >= 15 is 0 Å². The second-order valence-electron chi connectivity index (χ2n) is 3.89. The molecule has 0 aliphatic rings. The predicted molar refractivity (Wildman–Crippen MR) is 75.2 cm³/mol. The lowest BCUT2D eigenvalue weighted by atomic mass is 10.2. The Morgan fingerprint density at radius 2 is 2.11 bits per heavy atom. The molecule has 1 aromatic carbocycles. The fourth-order valence-electron chi connectivity index (χ4n) is 1.38. The molecule has 0 atom stereocenters. The largest absolute Gasteiger partial charge is 0.491 e. The van der Waals surface area contributed by atoms with E-state index in [-0.39, 0.29) is 5.88 Å². The Kier molecular flexibility index (Phi) is 8.04. The van der Waals surface area contributed by atoms with E-state index in [4.69, 9.17) is 21.1 Å². The minimum Gasteiger partial charge on any atom is -0.491 e. The number of hydrogen-bond acceptors (Lipinski definition) is 2. The Bertz CT molecular complexity index is 438. The van der Waals surface area contributed by atoms with Crippen LogP contribution >= 0.6 is 11.6 Å². The number of rotatable bonds is 7. The molecule has 104 valence electrons. The van der Waals surface area contributed by atoms with Crippen LogP contribution in [0.1, 0.15) is 25.3 Å². The van der Waals surface area contributed by atoms with Crippen LogP contribution in [-0.4, -0.2) is 25.7 Å². The van der Waals surface area contributed by atoms with Gasteiger partial charge in [0.05, 0.1) is 18.1 Å². The molecule has 0 heterocycles. The molecule has 0 radical (unpaired) electrons. The summed E-state index contributed by atoms with van der Waals surface area (Å²) in [5.41, 5.74) is 0.326. The van der Waals surface area contributed by atoms with Crippen molar-refractivity contribution in [1.82, 2.24) is 0 Å². The molecule has 0 aromatic heterocycles. The van der Waals surface area contributed by atoms with Gasteiger partial charge >= 0.3 is 0 Å². The molecule has 0 spiro atoms. The summed E-state index contributed by atoms with van der Waals surface area (Å²) in [5.74, 6) is 5.52. The maximum Gasteiger partial charge on any atom is 0.142 e. The van der Waals surface area contributed by atoms with Gasteiger partial charge in [0, 0.05) is 12.7 Å². The van der Waals surface area contributed by atoms with Crippen LogP contribution < -0.4 is 4.74 Å². The molecule has 0 N–H and O–H groups in total. The van der Waals surface area contributed by atoms with Crippen LogP contribution in [0.4, 0.5) is 4.39 Å². The highest BCUT2D eigenvalue weighted by atomic mass is 35.5. The molecule has 4 heteroatoms. The zero-order valence-electron chi connectivity index (χ0n) is 11.0. The second-order valence-corrected chi connectivity index (χ2v) is 4.16. The summed E-state index contributed by atoms with van der Waals surface area (Å²) in [4.78, 5) is 0. The van der Waals surface area contributed by atoms with Crippen molar-refractivity contribution in [2.24, 2.45) is 0 Å². The van der Waals surface area contributed by atoms with Gasteiger partial charge in [-0.2, -0.15) is 0 Å². The number of unbranched alkanes of at least 4 members (excludes halogenated alkanes) is 1. The fraction of sp³-hybridized carbons (Fsp3) is 0.467. The third-order valence-electron chi connectivity index (χ3n) is 2.37. The SMILES string of the molecule is CCCCOCCOc1ccc(C#CCCl)c(F)c1. The average molecular weight is 285 g/mol. The molecule has 0 unspecified atom stereocenters. The van der Waals surface area contributed by atoms with Gasteiger partial charge in [0.15, 0.2) is 0 Å². The third kappa shape index (κ3) is 6.47. The molecule has 2 nitrogen and oxygen atoms in total. The number of hydrogen-bond donors (Lipinski definition) is 0. The van der Waals surface area contributed by atoms with Gasteiger partial charge in [-0.15, -0.1) is 11.6 Å². The lowest BCUT2D eigenvalue weighted by Crippen LogP contribution is -2.07. The topological polar surface area (TPSA) is 18.5 Å². The molecule has 0 aliphatic heterocycles. The van der Waals surface area contributed by atoms with Crippen LogP contribution in [0.5, 0.6) is 5.75 Å². The Morgan fingerprint density at radius 1 is 1.26 bits per heavy atom. The molecule has 0 bridgehead atoms. The number of halogens is 2. The third-order valence-corrected chi connectivity index (χ3v) is 2.50. The van der Waals surface area contributed by atoms with Gasteiger partial charge in [0.2, 0.25) is 0 Å². The molecular weight excluding hydrogens is 267 g/mol. The summed E-state index contributed by atoms with van der Waals surface area (Å²) in [6.07, 6.45) is 2.15. The van der Waals surface area contributed by atoms with Crippen molar-refractivity contribution < 1.29 is 13.9 Å². The standard InChI is InChI=1S/C15H18ClFO2/c1-2-3-9-18-10-11-19-14-7-6-13(5-4-8-16)15(17)12-14/h6-7,12H,2-3,8-11H2,1H3. The molecule has 0 fully saturated rings. The van der Waals surface area contributed by atoms with Crippen molar-refractivity contribution >= 4 is 11.6 Å². The normalized spacial score (nSPS) is 9.84. The smallest absolute Gasteiger partial charge is 0.142 e. The van der Waals surface area contributed by atoms with E-state index in [0.717, 1.165) is 19.4 Å². The van der Waals surface area contributed by atoms with E-state index in [0.29, 0.717) is 24.5 Å². The van der Waals surface area contributed by atoms with E-state index in [1.807, 2.05) is 0 Å². The van der Waals surface area contributed by atoms with Gasteiger partial charge in [-0.1, -0.05) is 25.2 Å². The van der Waals surface area contributed by atoms with E-state index in [9.17, 15) is 4.39 Å². The summed E-state index contributed by atoms with van der Waals surface area (Å²) in [6.45, 7) is 3.77. The van der Waals surface area contributed by atoms with Crippen LogP contribution in [0.2, 0.25) is 0 Å². The van der Waals surface area contributed by atoms with E-state index in [2.05, 4.69) is 18.8 Å². The van der Waals surface area contributed by atoms with E-state index in [1.165, 1.54) is 6.07 Å². The summed E-state index contributed by atoms with van der Waals surface area (Å²) in [6, 6.07) is 4.60. The van der Waals surface area contributed by atoms with Crippen LogP contribution in [-0.2, 0) is 4.74 Å². The molecule has 19 heavy (non-hydrogen) atoms. The molecule has 0 aliphatic carbocycles. The summed E-state index contributed by atoms with van der Waals surface area (Å²) in [5, 5.41) is 0. The lowest BCUT2D eigenvalue weighted by Gasteiger charge is -2.07. The maximum atomic E-state index is 13.6. The first-order valence-electron chi connectivity index (χ1n) is 6.33. The van der Waals surface area contributed by atoms with Gasteiger partial charge in [0.1, 0.15) is 18.2 Å². The van der Waals surface area contributed by atoms with Crippen LogP contribution in [0.15, 0.2) is 18.2 Å². The molecule has 0 saturated heterocycles. The van der Waals surface area contributed by atoms with Crippen molar-refractivity contribution in [1.29, 1.82) is 0 Å². The van der Waals surface area contributed by atoms with Gasteiger partial charge in [-0.25, -0.2) is 4.39 Å². The highest BCUT2D eigenvalue weighted by Crippen LogP contribution is 2.15. The minimum atomic E-state index is -0.401. The van der Waals surface area contributed by atoms with Gasteiger partial charge in [-0.3, -0.25) is 0 Å². The quantitative estimate of drug-likeness (QED) is 0.433. The Labute approximate surface area is 118 Å². The number of benzene rings is 1. The lowest BCUT2D eigenvalue weighted by molar-refractivity contribution is 0.0979. The fourth-order valence-corrected chi connectivity index (χ4v) is 1.45. The van der Waals surface area contributed by atoms with E-state index in [1.54, 1.807) is 12.1 Å². The van der Waals surface area contributed by atoms with Gasteiger partial charge in [0.25, 0.3) is 0 Å². The van der Waals surface area contributed by atoms with Crippen molar-refractivity contribution in [2.45, 2.75) is 19.8 Å². The van der Waals surface area contributed by atoms with Crippen molar-refractivity contribution in [3.05, 3.63) is 29.6 Å². The molecule has 0 amide bonds. The van der Waals surface area contributed by atoms with Crippen LogP contribution in [0.3, 0.4) is 0 Å². The van der Waals surface area contributed by atoms with Gasteiger partial charge < -0.3 is 9.47 Å². The summed E-state index contributed by atoms with van der Waals surface area (Å²) >= 11 is 5.42. The van der Waals surface area contributed by atoms with E-state index < -0.39 is 5.82 Å². The summed E-state index contributed by atoms with van der Waals surface area (Å²) in [7, 11) is 0. The Hall–Kier alpha value is -1.24. The van der Waals surface area contributed by atoms with Crippen LogP contribution in [0.25, 0.3) is 0 Å². The monoisotopic (exact) mass is 284 g/mol. The van der Waals surface area contributed by atoms with Crippen molar-refractivity contribution in [3.63, 3.8) is 0 Å². The first-order valence-corrected chi connectivity index (χ1v) is 6.86. The highest BCUT2D eigenvalue weighted by molar-refractivity contribution is 6.19. The molecule has 1 rings (SSSR count). The maximum absolute atomic E-state index is 13.6. The molecule has 1 aromatic rings. The summed E-state index contributed by atoms with van der Waals surface area (Å²) < 4.78 is 24.3. The molecular formula is C15H18ClFO2. The van der Waals surface area contributed by atoms with Crippen molar-refractivity contribution in [2.75, 3.05) is 25.7 Å². The predicted octanol–water partition coefficient (Wildman–Crippen LogP) is 3.61. The first-order chi connectivity index (χ1) is 9.27. The average Bonchev–Trinajstić information content (AvgIpc) is 2.42. The highest BCUT2D eigenvalue weighted by Gasteiger charge is 2.02. The Morgan fingerprint density at radius 3 is 2.79 bits per heavy atom. The number of alkyl halides is 1. The minimum absolute atomic E-state index is 0.187. The van der Waals surface area contributed by atoms with Gasteiger partial charge in [-0.05, 0) is 18.6 Å². The first kappa shape index (κ1) is 15.8. The van der Waals surface area contributed by atoms with Crippen molar-refractivity contribution in [3.8, 4) is 17.6 Å². The Balaban J connectivity index is 2.37.